The maximum Gasteiger partial charge on any atom is 0.339 e. The van der Waals surface area contributed by atoms with E-state index in [1.165, 1.54) is 22.7 Å². The van der Waals surface area contributed by atoms with Crippen LogP contribution < -0.4 is 5.32 Å². The summed E-state index contributed by atoms with van der Waals surface area (Å²) in [5.74, 6) is -2.60. The van der Waals surface area contributed by atoms with Gasteiger partial charge in [-0.05, 0) is 71.5 Å². The smallest absolute Gasteiger partial charge is 0.339 e. The summed E-state index contributed by atoms with van der Waals surface area (Å²) in [6, 6.07) is 31.0. The van der Waals surface area contributed by atoms with Gasteiger partial charge in [0.1, 0.15) is 21.7 Å². The zero-order chi connectivity index (χ0) is 42.2. The van der Waals surface area contributed by atoms with E-state index in [0.717, 1.165) is 43.9 Å². The molecule has 0 radical (unpaired) electrons. The van der Waals surface area contributed by atoms with Crippen molar-refractivity contribution in [3.8, 4) is 22.3 Å². The number of nitrogens with zero attached hydrogens (tertiary/aromatic N) is 3. The number of thiophene rings is 2. The molecule has 0 aliphatic heterocycles. The lowest BCUT2D eigenvalue weighted by Gasteiger charge is -2.09. The first-order valence-electron chi connectivity index (χ1n) is 18.7. The van der Waals surface area contributed by atoms with Crippen LogP contribution in [0.5, 0.6) is 0 Å². The fraction of sp³-hybridized carbons (Fsp3) is 0.0426. The van der Waals surface area contributed by atoms with Gasteiger partial charge in [0.15, 0.2) is 11.5 Å². The fourth-order valence-corrected chi connectivity index (χ4v) is 9.12. The van der Waals surface area contributed by atoms with Gasteiger partial charge in [-0.15, -0.1) is 22.7 Å². The van der Waals surface area contributed by atoms with Gasteiger partial charge in [-0.2, -0.15) is 0 Å². The van der Waals surface area contributed by atoms with Crippen LogP contribution >= 0.6 is 22.7 Å². The number of anilines is 1. The number of fused-ring (bicyclic) bond motifs is 4. The largest absolute Gasteiger partial charge is 0.478 e. The normalized spacial score (nSPS) is 11.2. The summed E-state index contributed by atoms with van der Waals surface area (Å²) in [6.45, 7) is 1.96. The average molecular weight is 843 g/mol. The lowest BCUT2D eigenvalue weighted by Crippen LogP contribution is -2.12. The molecule has 0 saturated carbocycles. The summed E-state index contributed by atoms with van der Waals surface area (Å²) in [5, 5.41) is 28.8. The molecule has 0 aliphatic rings. The summed E-state index contributed by atoms with van der Waals surface area (Å²) in [7, 11) is 0. The van der Waals surface area contributed by atoms with Crippen LogP contribution in [0.15, 0.2) is 141 Å². The highest BCUT2D eigenvalue weighted by atomic mass is 32.1. The number of carbonyl (C=O) groups is 4. The number of carboxylic acids is 2. The minimum absolute atomic E-state index is 0.0422. The van der Waals surface area contributed by atoms with Crippen LogP contribution in [0.2, 0.25) is 0 Å². The number of aromatic carboxylic acids is 2. The van der Waals surface area contributed by atoms with Gasteiger partial charge < -0.3 is 24.4 Å². The first-order chi connectivity index (χ1) is 29.6. The van der Waals surface area contributed by atoms with Crippen LogP contribution in [0.25, 0.3) is 66.1 Å². The number of para-hydroxylation sites is 2. The van der Waals surface area contributed by atoms with E-state index in [1.54, 1.807) is 59.7 Å². The Labute approximate surface area is 353 Å². The van der Waals surface area contributed by atoms with Gasteiger partial charge in [-0.25, -0.2) is 9.59 Å². The molecule has 61 heavy (non-hydrogen) atoms. The second kappa shape index (κ2) is 16.1. The van der Waals surface area contributed by atoms with E-state index in [2.05, 4.69) is 20.3 Å². The molecule has 6 aromatic heterocycles. The second-order valence-corrected chi connectivity index (χ2v) is 15.7. The van der Waals surface area contributed by atoms with Crippen LogP contribution in [-0.2, 0) is 6.42 Å². The van der Waals surface area contributed by atoms with Crippen molar-refractivity contribution in [2.24, 2.45) is 0 Å². The number of hydrogen-bond donors (Lipinski definition) is 3. The summed E-state index contributed by atoms with van der Waals surface area (Å²) in [4.78, 5) is 63.2. The summed E-state index contributed by atoms with van der Waals surface area (Å²) in [5.41, 5.74) is 7.20. The van der Waals surface area contributed by atoms with Crippen molar-refractivity contribution < 1.29 is 38.2 Å². The summed E-state index contributed by atoms with van der Waals surface area (Å²) in [6.07, 6.45) is 4.87. The topological polar surface area (TPSA) is 186 Å². The van der Waals surface area contributed by atoms with E-state index >= 15 is 0 Å². The first kappa shape index (κ1) is 38.7. The van der Waals surface area contributed by atoms with Crippen molar-refractivity contribution in [3.05, 3.63) is 166 Å². The minimum Gasteiger partial charge on any atom is -0.478 e. The van der Waals surface area contributed by atoms with Gasteiger partial charge in [0.05, 0.1) is 22.1 Å². The highest BCUT2D eigenvalue weighted by molar-refractivity contribution is 7.15. The molecule has 14 heteroatoms. The van der Waals surface area contributed by atoms with E-state index in [4.69, 9.17) is 8.83 Å². The van der Waals surface area contributed by atoms with Gasteiger partial charge in [0.25, 0.3) is 5.91 Å². The first-order valence-corrected chi connectivity index (χ1v) is 20.4. The monoisotopic (exact) mass is 842 g/mol. The average Bonchev–Trinajstić information content (AvgIpc) is 4.09. The predicted octanol–water partition coefficient (Wildman–Crippen LogP) is 11.2. The van der Waals surface area contributed by atoms with Crippen LogP contribution in [0.3, 0.4) is 0 Å². The molecule has 6 heterocycles. The van der Waals surface area contributed by atoms with Gasteiger partial charge in [0, 0.05) is 62.6 Å². The molecule has 298 valence electrons. The molecule has 0 fully saturated rings. The second-order valence-electron chi connectivity index (χ2n) is 13.9. The van der Waals surface area contributed by atoms with E-state index < -0.39 is 17.8 Å². The van der Waals surface area contributed by atoms with Gasteiger partial charge in [0.2, 0.25) is 5.78 Å². The molecule has 0 atom stereocenters. The molecule has 0 bridgehead atoms. The van der Waals surface area contributed by atoms with Crippen molar-refractivity contribution in [2.45, 2.75) is 13.3 Å². The van der Waals surface area contributed by atoms with E-state index in [1.807, 2.05) is 79.7 Å². The SMILES string of the molecule is Cc1ccc(-c2csc(NC(=O)c3cc4ccccc4o3)c2C(=O)O)c2cccnc12.O=C(Cc1scc(-c2ccc3nccnc3c2)c1C(=O)O)c1cc2ccccc2o1. The van der Waals surface area contributed by atoms with E-state index in [9.17, 15) is 29.4 Å². The Kier molecular flexibility index (Phi) is 10.2. The predicted molar refractivity (Wildman–Crippen MR) is 235 cm³/mol. The van der Waals surface area contributed by atoms with Crippen molar-refractivity contribution in [2.75, 3.05) is 5.32 Å². The molecule has 0 unspecified atom stereocenters. The molecular weight excluding hydrogens is 813 g/mol. The van der Waals surface area contributed by atoms with Gasteiger partial charge in [-0.3, -0.25) is 24.5 Å². The zero-order valence-corrected chi connectivity index (χ0v) is 33.5. The highest BCUT2D eigenvalue weighted by Gasteiger charge is 2.25. The number of aromatic nitrogens is 3. The standard InChI is InChI=1S/C24H16N2O4S.C23H14N2O4S/c1-13-8-9-15(16-6-4-10-25-21(13)16)17-12-31-23(20(17)24(28)29)26-22(27)19-11-14-5-2-3-7-18(14)30-19;26-18(20-10-14-3-1-2-4-19(14)29-20)11-21-22(23(27)28)15(12-30-21)13-5-6-16-17(9-13)25-8-7-24-16/h2-12H,1H3,(H,26,27)(H,28,29);1-10,12H,11H2,(H,27,28). The van der Waals surface area contributed by atoms with Crippen molar-refractivity contribution in [3.63, 3.8) is 0 Å². The minimum atomic E-state index is -1.12. The van der Waals surface area contributed by atoms with E-state index in [-0.39, 0.29) is 39.9 Å². The van der Waals surface area contributed by atoms with Crippen LogP contribution in [-0.4, -0.2) is 48.8 Å². The number of carbonyl (C=O) groups excluding carboxylic acids is 2. The lowest BCUT2D eigenvalue weighted by molar-refractivity contribution is 0.0687. The zero-order valence-electron chi connectivity index (χ0n) is 31.9. The third-order valence-corrected chi connectivity index (χ3v) is 11.9. The molecule has 10 rings (SSSR count). The Morgan fingerprint density at radius 1 is 0.639 bits per heavy atom. The van der Waals surface area contributed by atoms with Gasteiger partial charge >= 0.3 is 11.9 Å². The Morgan fingerprint density at radius 2 is 1.31 bits per heavy atom. The number of Topliss-reactive ketones (excluding diaryl/α,β-unsaturated/α-hetero) is 1. The quantitative estimate of drug-likeness (QED) is 0.117. The van der Waals surface area contributed by atoms with Crippen LogP contribution in [0, 0.1) is 6.92 Å². The molecular formula is C47H30N4O8S2. The summed E-state index contributed by atoms with van der Waals surface area (Å²) >= 11 is 2.42. The van der Waals surface area contributed by atoms with Crippen LogP contribution in [0.4, 0.5) is 5.00 Å². The maximum atomic E-state index is 12.8. The van der Waals surface area contributed by atoms with Crippen LogP contribution in [0.1, 0.15) is 52.3 Å². The van der Waals surface area contributed by atoms with Crippen molar-refractivity contribution >= 4 is 95.2 Å². The molecule has 12 nitrogen and oxygen atoms in total. The number of rotatable bonds is 9. The van der Waals surface area contributed by atoms with E-state index in [0.29, 0.717) is 32.7 Å². The molecule has 0 saturated heterocycles. The molecule has 4 aromatic carbocycles. The molecule has 3 N–H and O–H groups in total. The lowest BCUT2D eigenvalue weighted by atomic mass is 9.97. The Bertz CT molecular complexity index is 3290. The maximum absolute atomic E-state index is 12.8. The molecule has 1 amide bonds. The van der Waals surface area contributed by atoms with Crippen molar-refractivity contribution in [1.82, 2.24) is 15.0 Å². The Morgan fingerprint density at radius 3 is 2.03 bits per heavy atom. The third-order valence-electron chi connectivity index (χ3n) is 10.0. The molecule has 0 spiro atoms. The highest BCUT2D eigenvalue weighted by Crippen LogP contribution is 2.40. The number of furan rings is 2. The van der Waals surface area contributed by atoms with Crippen molar-refractivity contribution in [1.29, 1.82) is 0 Å². The Hall–Kier alpha value is -7.81. The number of amides is 1. The summed E-state index contributed by atoms with van der Waals surface area (Å²) < 4.78 is 11.2. The number of aryl methyl sites for hydroxylation is 1. The third kappa shape index (κ3) is 7.52. The number of pyridine rings is 1. The fourth-order valence-electron chi connectivity index (χ4n) is 7.13. The number of carboxylic acid groups (broad SMARTS) is 2. The number of ketones is 1. The number of benzene rings is 4. The Balaban J connectivity index is 0.000000156. The van der Waals surface area contributed by atoms with Gasteiger partial charge in [-0.1, -0.05) is 60.7 Å². The molecule has 0 aliphatic carbocycles. The molecule has 10 aromatic rings. The number of hydrogen-bond acceptors (Lipinski definition) is 11. The number of nitrogens with one attached hydrogen (secondary N) is 1.